The predicted octanol–water partition coefficient (Wildman–Crippen LogP) is 6.48. The van der Waals surface area contributed by atoms with Gasteiger partial charge in [0.05, 0.1) is 17.2 Å². The van der Waals surface area contributed by atoms with Crippen molar-refractivity contribution in [2.45, 2.75) is 58.5 Å². The Kier molecular flexibility index (Phi) is 12.3. The molecule has 0 aliphatic carbocycles. The number of ether oxygens (including phenoxy) is 1. The molecule has 11 heteroatoms. The van der Waals surface area contributed by atoms with Gasteiger partial charge in [-0.15, -0.1) is 0 Å². The Morgan fingerprint density at radius 1 is 0.953 bits per heavy atom. The number of aryl methyl sites for hydroxylation is 1. The summed E-state index contributed by atoms with van der Waals surface area (Å²) >= 11 is 12.6. The lowest BCUT2D eigenvalue weighted by atomic mass is 10.1. The van der Waals surface area contributed by atoms with Crippen LogP contribution in [0.5, 0.6) is 5.75 Å². The molecule has 0 radical (unpaired) electrons. The normalized spacial score (nSPS) is 12.1. The van der Waals surface area contributed by atoms with Gasteiger partial charge in [0.25, 0.3) is 10.0 Å². The lowest BCUT2D eigenvalue weighted by Gasteiger charge is -2.33. The molecule has 8 nitrogen and oxygen atoms in total. The Morgan fingerprint density at radius 2 is 1.60 bits per heavy atom. The molecule has 232 valence electrons. The molecule has 0 saturated heterocycles. The molecular formula is C32H39Cl2N3O5S. The van der Waals surface area contributed by atoms with E-state index in [1.54, 1.807) is 61.5 Å². The van der Waals surface area contributed by atoms with Crippen molar-refractivity contribution in [2.24, 2.45) is 5.92 Å². The minimum atomic E-state index is -4.20. The quantitative estimate of drug-likeness (QED) is 0.216. The molecule has 0 fully saturated rings. The lowest BCUT2D eigenvalue weighted by molar-refractivity contribution is -0.140. The molecule has 0 aromatic heterocycles. The Bertz CT molecular complexity index is 1500. The van der Waals surface area contributed by atoms with Crippen LogP contribution in [-0.2, 0) is 26.2 Å². The van der Waals surface area contributed by atoms with E-state index in [2.05, 4.69) is 5.32 Å². The number of nitrogens with one attached hydrogen (secondary N) is 1. The maximum atomic E-state index is 14.2. The summed E-state index contributed by atoms with van der Waals surface area (Å²) in [5, 5.41) is 3.67. The largest absolute Gasteiger partial charge is 0.494 e. The van der Waals surface area contributed by atoms with Gasteiger partial charge in [-0.3, -0.25) is 13.9 Å². The number of nitrogens with zero attached hydrogens (tertiary/aromatic N) is 2. The summed E-state index contributed by atoms with van der Waals surface area (Å²) in [5.41, 5.74) is 1.82. The van der Waals surface area contributed by atoms with Gasteiger partial charge in [0, 0.05) is 23.1 Å². The Hall–Kier alpha value is -3.27. The van der Waals surface area contributed by atoms with Crippen molar-refractivity contribution in [1.29, 1.82) is 0 Å². The molecule has 0 saturated carbocycles. The van der Waals surface area contributed by atoms with Crippen LogP contribution in [0.25, 0.3) is 0 Å². The van der Waals surface area contributed by atoms with Crippen LogP contribution in [0.4, 0.5) is 5.69 Å². The number of anilines is 1. The van der Waals surface area contributed by atoms with E-state index in [4.69, 9.17) is 27.9 Å². The molecule has 1 atom stereocenters. The second-order valence-electron chi connectivity index (χ2n) is 10.6. The van der Waals surface area contributed by atoms with Crippen LogP contribution in [0.15, 0.2) is 71.6 Å². The van der Waals surface area contributed by atoms with E-state index in [0.717, 1.165) is 9.87 Å². The zero-order chi connectivity index (χ0) is 31.7. The first kappa shape index (κ1) is 34.2. The van der Waals surface area contributed by atoms with E-state index >= 15 is 0 Å². The van der Waals surface area contributed by atoms with Gasteiger partial charge in [0.2, 0.25) is 11.8 Å². The zero-order valence-corrected chi connectivity index (χ0v) is 27.5. The average molecular weight is 649 g/mol. The van der Waals surface area contributed by atoms with E-state index < -0.39 is 28.5 Å². The van der Waals surface area contributed by atoms with E-state index in [1.165, 1.54) is 17.0 Å². The number of sulfonamides is 1. The third kappa shape index (κ3) is 9.11. The van der Waals surface area contributed by atoms with Gasteiger partial charge in [0.15, 0.2) is 0 Å². The molecule has 3 aromatic rings. The SMILES string of the molecule is CCOc1ccc(S(=O)(=O)N(CC(=O)N(Cc2ccc(Cl)cc2Cl)[C@H](CC)C(=O)NCC(C)C)c2ccc(C)cc2)cc1. The molecule has 0 heterocycles. The molecule has 43 heavy (non-hydrogen) atoms. The molecule has 0 unspecified atom stereocenters. The monoisotopic (exact) mass is 647 g/mol. The van der Waals surface area contributed by atoms with Gasteiger partial charge in [-0.1, -0.05) is 67.7 Å². The van der Waals surface area contributed by atoms with Crippen LogP contribution in [0.2, 0.25) is 10.0 Å². The van der Waals surface area contributed by atoms with Crippen molar-refractivity contribution in [2.75, 3.05) is 24.0 Å². The smallest absolute Gasteiger partial charge is 0.264 e. The zero-order valence-electron chi connectivity index (χ0n) is 25.1. The first-order chi connectivity index (χ1) is 20.4. The lowest BCUT2D eigenvalue weighted by Crippen LogP contribution is -2.52. The first-order valence-electron chi connectivity index (χ1n) is 14.2. The van der Waals surface area contributed by atoms with Gasteiger partial charge in [-0.2, -0.15) is 0 Å². The van der Waals surface area contributed by atoms with Crippen LogP contribution in [0, 0.1) is 12.8 Å². The highest BCUT2D eigenvalue weighted by molar-refractivity contribution is 7.92. The maximum absolute atomic E-state index is 14.2. The van der Waals surface area contributed by atoms with Crippen molar-refractivity contribution in [1.82, 2.24) is 10.2 Å². The van der Waals surface area contributed by atoms with Crippen LogP contribution in [0.3, 0.4) is 0 Å². The van der Waals surface area contributed by atoms with Crippen molar-refractivity contribution < 1.29 is 22.7 Å². The molecule has 3 aromatic carbocycles. The summed E-state index contributed by atoms with van der Waals surface area (Å²) in [6.07, 6.45) is 0.303. The summed E-state index contributed by atoms with van der Waals surface area (Å²) in [6.45, 7) is 9.78. The van der Waals surface area contributed by atoms with Gasteiger partial charge >= 0.3 is 0 Å². The number of hydrogen-bond acceptors (Lipinski definition) is 5. The van der Waals surface area contributed by atoms with E-state index in [0.29, 0.717) is 46.6 Å². The third-order valence-corrected chi connectivity index (χ3v) is 9.12. The average Bonchev–Trinajstić information content (AvgIpc) is 2.96. The Labute approximate surface area is 265 Å². The van der Waals surface area contributed by atoms with Crippen LogP contribution >= 0.6 is 23.2 Å². The number of hydrogen-bond donors (Lipinski definition) is 1. The molecular weight excluding hydrogens is 609 g/mol. The highest BCUT2D eigenvalue weighted by atomic mass is 35.5. The van der Waals surface area contributed by atoms with Crippen LogP contribution in [0.1, 0.15) is 45.2 Å². The number of carbonyl (C=O) groups is 2. The minimum Gasteiger partial charge on any atom is -0.494 e. The third-order valence-electron chi connectivity index (χ3n) is 6.75. The van der Waals surface area contributed by atoms with Crippen LogP contribution < -0.4 is 14.4 Å². The number of halogens is 2. The molecule has 0 bridgehead atoms. The first-order valence-corrected chi connectivity index (χ1v) is 16.4. The second-order valence-corrected chi connectivity index (χ2v) is 13.3. The van der Waals surface area contributed by atoms with E-state index in [-0.39, 0.29) is 23.3 Å². The summed E-state index contributed by atoms with van der Waals surface area (Å²) in [4.78, 5) is 28.9. The fourth-order valence-corrected chi connectivity index (χ4v) is 6.30. The maximum Gasteiger partial charge on any atom is 0.264 e. The van der Waals surface area contributed by atoms with Gasteiger partial charge in [0.1, 0.15) is 18.3 Å². The minimum absolute atomic E-state index is 0.00154. The summed E-state index contributed by atoms with van der Waals surface area (Å²) in [7, 11) is -4.20. The van der Waals surface area contributed by atoms with Crippen molar-refractivity contribution in [3.05, 3.63) is 87.9 Å². The van der Waals surface area contributed by atoms with Gasteiger partial charge in [-0.25, -0.2) is 8.42 Å². The standard InChI is InChI=1S/C32H39Cl2N3O5S/c1-6-30(32(39)35-19-22(3)4)36(20-24-10-11-25(33)18-29(24)34)31(38)21-37(26-12-8-23(5)9-13-26)43(40,41)28-16-14-27(15-17-28)42-7-2/h8-18,22,30H,6-7,19-21H2,1-5H3,(H,35,39)/t30-/m1/s1. The Balaban J connectivity index is 2.06. The molecule has 0 aliphatic heterocycles. The highest BCUT2D eigenvalue weighted by Crippen LogP contribution is 2.28. The summed E-state index contributed by atoms with van der Waals surface area (Å²) in [5.74, 6) is -0.158. The number of carbonyl (C=O) groups excluding carboxylic acids is 2. The van der Waals surface area contributed by atoms with Gasteiger partial charge < -0.3 is 15.0 Å². The molecule has 1 N–H and O–H groups in total. The van der Waals surface area contributed by atoms with Gasteiger partial charge in [-0.05, 0) is 80.3 Å². The molecule has 0 aliphatic rings. The fourth-order valence-electron chi connectivity index (χ4n) is 4.42. The number of amides is 2. The van der Waals surface area contributed by atoms with Crippen molar-refractivity contribution in [3.8, 4) is 5.75 Å². The Morgan fingerprint density at radius 3 is 2.16 bits per heavy atom. The topological polar surface area (TPSA) is 96.0 Å². The van der Waals surface area contributed by atoms with E-state index in [1.807, 2.05) is 27.7 Å². The number of benzene rings is 3. The fraction of sp³-hybridized carbons (Fsp3) is 0.375. The summed E-state index contributed by atoms with van der Waals surface area (Å²) in [6, 6.07) is 17.0. The summed E-state index contributed by atoms with van der Waals surface area (Å²) < 4.78 is 34.6. The van der Waals surface area contributed by atoms with Crippen molar-refractivity contribution in [3.63, 3.8) is 0 Å². The predicted molar refractivity (Wildman–Crippen MR) is 172 cm³/mol. The number of rotatable bonds is 14. The molecule has 2 amide bonds. The van der Waals surface area contributed by atoms with E-state index in [9.17, 15) is 18.0 Å². The molecule has 3 rings (SSSR count). The molecule has 0 spiro atoms. The second kappa shape index (κ2) is 15.5. The van der Waals surface area contributed by atoms with Crippen molar-refractivity contribution >= 4 is 50.7 Å². The van der Waals surface area contributed by atoms with Crippen LogP contribution in [-0.4, -0.2) is 50.9 Å². The highest BCUT2D eigenvalue weighted by Gasteiger charge is 2.34.